The Balaban J connectivity index is 1.86. The summed E-state index contributed by atoms with van der Waals surface area (Å²) < 4.78 is 33.3. The van der Waals surface area contributed by atoms with Crippen LogP contribution < -0.4 is 14.4 Å². The van der Waals surface area contributed by atoms with Crippen molar-refractivity contribution >= 4 is 39.0 Å². The highest BCUT2D eigenvalue weighted by Gasteiger charge is 2.24. The lowest BCUT2D eigenvalue weighted by Gasteiger charge is -2.36. The third-order valence-corrected chi connectivity index (χ3v) is 6.78. The molecule has 0 radical (unpaired) electrons. The molecule has 3 rings (SSSR count). The monoisotopic (exact) mass is 467 g/mol. The van der Waals surface area contributed by atoms with E-state index in [0.29, 0.717) is 18.8 Å². The number of hydrogen-bond donors (Lipinski definition) is 2. The third kappa shape index (κ3) is 5.41. The fraction of sp³-hybridized carbons (Fsp3) is 0.381. The van der Waals surface area contributed by atoms with E-state index in [0.717, 1.165) is 26.1 Å². The number of hydrogen-bond acceptors (Lipinski definition) is 6. The molecule has 0 aromatic heterocycles. The number of sulfonamides is 1. The number of carboxylic acids is 1. The number of rotatable bonds is 8. The van der Waals surface area contributed by atoms with Crippen molar-refractivity contribution in [3.8, 4) is 5.75 Å². The van der Waals surface area contributed by atoms with Crippen LogP contribution in [0.25, 0.3) is 0 Å². The summed E-state index contributed by atoms with van der Waals surface area (Å²) in [5.74, 6) is -0.982. The highest BCUT2D eigenvalue weighted by molar-refractivity contribution is 7.92. The normalized spacial score (nSPS) is 15.0. The summed E-state index contributed by atoms with van der Waals surface area (Å²) >= 11 is 5.95. The lowest BCUT2D eigenvalue weighted by atomic mass is 10.1. The van der Waals surface area contributed by atoms with Crippen LogP contribution in [0.15, 0.2) is 41.3 Å². The number of nitrogens with zero attached hydrogens (tertiary/aromatic N) is 2. The predicted octanol–water partition coefficient (Wildman–Crippen LogP) is 3.38. The summed E-state index contributed by atoms with van der Waals surface area (Å²) in [6.45, 7) is 6.29. The fourth-order valence-electron chi connectivity index (χ4n) is 3.65. The zero-order valence-electron chi connectivity index (χ0n) is 17.5. The fourth-order valence-corrected chi connectivity index (χ4v) is 5.13. The summed E-state index contributed by atoms with van der Waals surface area (Å²) in [7, 11) is -2.68. The van der Waals surface area contributed by atoms with Gasteiger partial charge in [-0.2, -0.15) is 0 Å². The molecule has 2 aromatic rings. The van der Waals surface area contributed by atoms with E-state index in [1.807, 2.05) is 4.90 Å². The van der Waals surface area contributed by atoms with Gasteiger partial charge in [0.25, 0.3) is 10.0 Å². The van der Waals surface area contributed by atoms with Crippen molar-refractivity contribution in [2.24, 2.45) is 0 Å². The zero-order chi connectivity index (χ0) is 22.6. The number of methoxy groups -OCH3 is 1. The predicted molar refractivity (Wildman–Crippen MR) is 121 cm³/mol. The van der Waals surface area contributed by atoms with Crippen molar-refractivity contribution in [1.29, 1.82) is 0 Å². The van der Waals surface area contributed by atoms with E-state index < -0.39 is 16.0 Å². The van der Waals surface area contributed by atoms with E-state index in [1.165, 1.54) is 31.4 Å². The van der Waals surface area contributed by atoms with Crippen molar-refractivity contribution in [3.63, 3.8) is 0 Å². The van der Waals surface area contributed by atoms with E-state index in [4.69, 9.17) is 16.3 Å². The largest absolute Gasteiger partial charge is 0.495 e. The van der Waals surface area contributed by atoms with Crippen molar-refractivity contribution < 1.29 is 23.1 Å². The van der Waals surface area contributed by atoms with Gasteiger partial charge in [0.2, 0.25) is 0 Å². The Morgan fingerprint density at radius 2 is 1.87 bits per heavy atom. The Labute approximate surface area is 187 Å². The molecule has 1 fully saturated rings. The first-order chi connectivity index (χ1) is 14.7. The molecule has 1 heterocycles. The molecule has 168 valence electrons. The Morgan fingerprint density at radius 3 is 2.48 bits per heavy atom. The first kappa shape index (κ1) is 23.2. The molecule has 10 heteroatoms. The lowest BCUT2D eigenvalue weighted by Crippen LogP contribution is -2.47. The number of carbonyl (C=O) groups is 1. The van der Waals surface area contributed by atoms with E-state index in [1.54, 1.807) is 12.1 Å². The number of piperazine rings is 1. The molecule has 0 amide bonds. The second kappa shape index (κ2) is 9.76. The molecule has 0 bridgehead atoms. The standard InChI is InChI=1S/C21H26ClN3O5S/c1-3-8-24-9-11-25(12-10-24)18-6-5-16(14-17(18)21(26)27)23-31(28,29)20-13-15(22)4-7-19(20)30-2/h4-7,13-14,23H,3,8-12H2,1-2H3,(H,26,27). The van der Waals surface area contributed by atoms with E-state index in [2.05, 4.69) is 16.5 Å². The average Bonchev–Trinajstić information content (AvgIpc) is 2.74. The number of aromatic carboxylic acids is 1. The highest BCUT2D eigenvalue weighted by atomic mass is 35.5. The van der Waals surface area contributed by atoms with Crippen LogP contribution in [0.5, 0.6) is 5.75 Å². The number of carboxylic acid groups (broad SMARTS) is 1. The maximum atomic E-state index is 12.9. The molecule has 0 spiro atoms. The molecule has 31 heavy (non-hydrogen) atoms. The van der Waals surface area contributed by atoms with Gasteiger partial charge < -0.3 is 14.7 Å². The molecule has 0 atom stereocenters. The van der Waals surface area contributed by atoms with Gasteiger partial charge in [-0.1, -0.05) is 18.5 Å². The molecule has 0 unspecified atom stereocenters. The maximum Gasteiger partial charge on any atom is 0.337 e. The van der Waals surface area contributed by atoms with E-state index >= 15 is 0 Å². The van der Waals surface area contributed by atoms with Crippen LogP contribution in [0.3, 0.4) is 0 Å². The second-order valence-corrected chi connectivity index (χ2v) is 9.35. The van der Waals surface area contributed by atoms with Crippen LogP contribution in [-0.4, -0.2) is 64.2 Å². The number of anilines is 2. The number of nitrogens with one attached hydrogen (secondary N) is 1. The molecule has 1 saturated heterocycles. The molecular formula is C21H26ClN3O5S. The van der Waals surface area contributed by atoms with Crippen molar-refractivity contribution in [3.05, 3.63) is 47.0 Å². The first-order valence-corrected chi connectivity index (χ1v) is 11.8. The molecule has 2 N–H and O–H groups in total. The number of ether oxygens (including phenoxy) is 1. The second-order valence-electron chi connectivity index (χ2n) is 7.27. The zero-order valence-corrected chi connectivity index (χ0v) is 19.0. The summed E-state index contributed by atoms with van der Waals surface area (Å²) in [4.78, 5) is 16.1. The minimum absolute atomic E-state index is 0.0437. The Hall–Kier alpha value is -2.49. The van der Waals surface area contributed by atoms with Crippen LogP contribution >= 0.6 is 11.6 Å². The van der Waals surface area contributed by atoms with Gasteiger partial charge in [-0.05, 0) is 49.4 Å². The van der Waals surface area contributed by atoms with Crippen molar-refractivity contribution in [2.75, 3.05) is 49.5 Å². The average molecular weight is 468 g/mol. The Bertz CT molecular complexity index is 1050. The maximum absolute atomic E-state index is 12.9. The summed E-state index contributed by atoms with van der Waals surface area (Å²) in [6, 6.07) is 8.81. The van der Waals surface area contributed by atoms with Gasteiger partial charge in [0.15, 0.2) is 0 Å². The van der Waals surface area contributed by atoms with Gasteiger partial charge in [-0.15, -0.1) is 0 Å². The smallest absolute Gasteiger partial charge is 0.337 e. The summed E-state index contributed by atoms with van der Waals surface area (Å²) in [6.07, 6.45) is 1.08. The van der Waals surface area contributed by atoms with Gasteiger partial charge in [0.05, 0.1) is 18.4 Å². The van der Waals surface area contributed by atoms with Crippen LogP contribution in [0, 0.1) is 0 Å². The lowest BCUT2D eigenvalue weighted by molar-refractivity contribution is 0.0697. The van der Waals surface area contributed by atoms with Crippen LogP contribution in [0.1, 0.15) is 23.7 Å². The van der Waals surface area contributed by atoms with E-state index in [-0.39, 0.29) is 26.9 Å². The highest BCUT2D eigenvalue weighted by Crippen LogP contribution is 2.31. The number of benzene rings is 2. The van der Waals surface area contributed by atoms with Crippen molar-refractivity contribution in [1.82, 2.24) is 4.90 Å². The molecule has 0 saturated carbocycles. The van der Waals surface area contributed by atoms with Crippen molar-refractivity contribution in [2.45, 2.75) is 18.2 Å². The molecule has 2 aromatic carbocycles. The molecule has 0 aliphatic carbocycles. The van der Waals surface area contributed by atoms with E-state index in [9.17, 15) is 18.3 Å². The molecular weight excluding hydrogens is 442 g/mol. The molecule has 1 aliphatic heterocycles. The van der Waals surface area contributed by atoms with Gasteiger partial charge in [0, 0.05) is 36.9 Å². The Morgan fingerprint density at radius 1 is 1.16 bits per heavy atom. The first-order valence-electron chi connectivity index (χ1n) is 9.96. The van der Waals surface area contributed by atoms with Gasteiger partial charge in [-0.25, -0.2) is 13.2 Å². The third-order valence-electron chi connectivity index (χ3n) is 5.15. The molecule has 8 nitrogen and oxygen atoms in total. The van der Waals surface area contributed by atoms with Crippen LogP contribution in [-0.2, 0) is 10.0 Å². The quantitative estimate of drug-likeness (QED) is 0.613. The minimum atomic E-state index is -4.05. The Kier molecular flexibility index (Phi) is 7.30. The summed E-state index contributed by atoms with van der Waals surface area (Å²) in [5, 5.41) is 9.98. The topological polar surface area (TPSA) is 99.2 Å². The molecule has 1 aliphatic rings. The minimum Gasteiger partial charge on any atom is -0.495 e. The van der Waals surface area contributed by atoms with Gasteiger partial charge >= 0.3 is 5.97 Å². The summed E-state index contributed by atoms with van der Waals surface area (Å²) in [5.41, 5.74) is 0.766. The van der Waals surface area contributed by atoms with Gasteiger partial charge in [0.1, 0.15) is 10.6 Å². The SMILES string of the molecule is CCCN1CCN(c2ccc(NS(=O)(=O)c3cc(Cl)ccc3OC)cc2C(=O)O)CC1. The number of halogens is 1. The van der Waals surface area contributed by atoms with Crippen LogP contribution in [0.4, 0.5) is 11.4 Å². The van der Waals surface area contributed by atoms with Gasteiger partial charge in [-0.3, -0.25) is 9.62 Å². The van der Waals surface area contributed by atoms with Crippen LogP contribution in [0.2, 0.25) is 5.02 Å².